The number of aromatic nitrogens is 4. The predicted octanol–water partition coefficient (Wildman–Crippen LogP) is 11.0. The molecule has 0 spiro atoms. The minimum atomic E-state index is 0.567. The third-order valence-electron chi connectivity index (χ3n) is 9.28. The van der Waals surface area contributed by atoms with Crippen molar-refractivity contribution in [3.8, 4) is 39.9 Å². The molecule has 48 heavy (non-hydrogen) atoms. The molecule has 0 aliphatic rings. The summed E-state index contributed by atoms with van der Waals surface area (Å²) < 4.78 is 8.85. The van der Waals surface area contributed by atoms with Gasteiger partial charge in [-0.2, -0.15) is 9.97 Å². The van der Waals surface area contributed by atoms with Crippen molar-refractivity contribution in [3.63, 3.8) is 0 Å². The van der Waals surface area contributed by atoms with Gasteiger partial charge in [0.1, 0.15) is 11.2 Å². The predicted molar refractivity (Wildman–Crippen MR) is 195 cm³/mol. The van der Waals surface area contributed by atoms with Gasteiger partial charge >= 0.3 is 0 Å². The normalized spacial score (nSPS) is 11.8. The Morgan fingerprint density at radius 3 is 1.81 bits per heavy atom. The van der Waals surface area contributed by atoms with Crippen molar-refractivity contribution in [2.45, 2.75) is 0 Å². The number of nitrogens with zero attached hydrogens (tertiary/aromatic N) is 4. The first-order valence-electron chi connectivity index (χ1n) is 16.0. The van der Waals surface area contributed by atoms with Gasteiger partial charge in [0.25, 0.3) is 0 Å². The van der Waals surface area contributed by atoms with Crippen LogP contribution in [0.15, 0.2) is 162 Å². The number of para-hydroxylation sites is 3. The minimum absolute atomic E-state index is 0.567. The van der Waals surface area contributed by atoms with Crippen molar-refractivity contribution >= 4 is 54.5 Å². The highest BCUT2D eigenvalue weighted by Crippen LogP contribution is 2.42. The Labute approximate surface area is 275 Å². The van der Waals surface area contributed by atoms with E-state index in [0.29, 0.717) is 17.6 Å². The van der Waals surface area contributed by atoms with Gasteiger partial charge in [0, 0.05) is 38.2 Å². The van der Waals surface area contributed by atoms with Crippen molar-refractivity contribution in [2.75, 3.05) is 0 Å². The smallest absolute Gasteiger partial charge is 0.238 e. The standard InChI is InChI=1S/C43H26N4O/c1-2-14-28(15-3-1)41-44-42(46-43(45-41)47-36-24-8-6-18-31(36)32-19-7-9-25-37(32)47)35-23-12-26-38-39(35)34-22-11-21-33(40(34)48-38)30-20-10-16-27-13-4-5-17-29(27)30/h1-26H. The molecule has 0 amide bonds. The molecule has 5 nitrogen and oxygen atoms in total. The largest absolute Gasteiger partial charge is 0.455 e. The van der Waals surface area contributed by atoms with Crippen LogP contribution in [0.25, 0.3) is 94.4 Å². The van der Waals surface area contributed by atoms with Crippen molar-refractivity contribution < 1.29 is 4.42 Å². The van der Waals surface area contributed by atoms with Crippen LogP contribution in [0.5, 0.6) is 0 Å². The van der Waals surface area contributed by atoms with Gasteiger partial charge < -0.3 is 4.42 Å². The molecule has 10 rings (SSSR count). The third-order valence-corrected chi connectivity index (χ3v) is 9.28. The lowest BCUT2D eigenvalue weighted by Gasteiger charge is -2.11. The topological polar surface area (TPSA) is 56.7 Å². The maximum atomic E-state index is 6.71. The number of rotatable bonds is 4. The Morgan fingerprint density at radius 1 is 0.417 bits per heavy atom. The Kier molecular flexibility index (Phi) is 5.81. The summed E-state index contributed by atoms with van der Waals surface area (Å²) in [6.45, 7) is 0. The lowest BCUT2D eigenvalue weighted by Crippen LogP contribution is -2.06. The number of benzene rings is 7. The van der Waals surface area contributed by atoms with Crippen LogP contribution in [0, 0.1) is 0 Å². The summed E-state index contributed by atoms with van der Waals surface area (Å²) in [6.07, 6.45) is 0. The zero-order valence-electron chi connectivity index (χ0n) is 25.7. The molecule has 0 bridgehead atoms. The van der Waals surface area contributed by atoms with Crippen LogP contribution in [0.1, 0.15) is 0 Å². The zero-order valence-corrected chi connectivity index (χ0v) is 25.7. The molecule has 0 atom stereocenters. The average molecular weight is 615 g/mol. The van der Waals surface area contributed by atoms with Gasteiger partial charge in [0.2, 0.25) is 5.95 Å². The highest BCUT2D eigenvalue weighted by Gasteiger charge is 2.21. The van der Waals surface area contributed by atoms with Crippen molar-refractivity contribution in [1.29, 1.82) is 0 Å². The quantitative estimate of drug-likeness (QED) is 0.198. The molecule has 10 aromatic rings. The Hall–Kier alpha value is -6.59. The molecular formula is C43H26N4O. The molecule has 0 saturated carbocycles. The average Bonchev–Trinajstić information content (AvgIpc) is 3.71. The summed E-state index contributed by atoms with van der Waals surface area (Å²) in [7, 11) is 0. The van der Waals surface area contributed by atoms with Crippen molar-refractivity contribution in [3.05, 3.63) is 158 Å². The van der Waals surface area contributed by atoms with Gasteiger partial charge in [0.05, 0.1) is 11.0 Å². The number of hydrogen-bond donors (Lipinski definition) is 0. The molecule has 224 valence electrons. The van der Waals surface area contributed by atoms with E-state index in [1.54, 1.807) is 0 Å². The number of fused-ring (bicyclic) bond motifs is 7. The van der Waals surface area contributed by atoms with E-state index < -0.39 is 0 Å². The van der Waals surface area contributed by atoms with Crippen LogP contribution < -0.4 is 0 Å². The summed E-state index contributed by atoms with van der Waals surface area (Å²) in [5, 5.41) is 6.69. The van der Waals surface area contributed by atoms with E-state index in [4.69, 9.17) is 19.4 Å². The summed E-state index contributed by atoms with van der Waals surface area (Å²) in [4.78, 5) is 15.5. The monoisotopic (exact) mass is 614 g/mol. The third kappa shape index (κ3) is 4.01. The van der Waals surface area contributed by atoms with Crippen LogP contribution in [0.2, 0.25) is 0 Å². The highest BCUT2D eigenvalue weighted by molar-refractivity contribution is 6.16. The van der Waals surface area contributed by atoms with Crippen LogP contribution in [-0.2, 0) is 0 Å². The van der Waals surface area contributed by atoms with E-state index in [-0.39, 0.29) is 0 Å². The fourth-order valence-corrected chi connectivity index (χ4v) is 7.15. The summed E-state index contributed by atoms with van der Waals surface area (Å²) in [6, 6.07) is 54.3. The molecular weight excluding hydrogens is 589 g/mol. The van der Waals surface area contributed by atoms with E-state index >= 15 is 0 Å². The van der Waals surface area contributed by atoms with Crippen LogP contribution >= 0.6 is 0 Å². The van der Waals surface area contributed by atoms with Crippen LogP contribution in [0.3, 0.4) is 0 Å². The first-order valence-corrected chi connectivity index (χ1v) is 16.0. The zero-order chi connectivity index (χ0) is 31.6. The lowest BCUT2D eigenvalue weighted by atomic mass is 9.96. The Morgan fingerprint density at radius 2 is 1.00 bits per heavy atom. The highest BCUT2D eigenvalue weighted by atomic mass is 16.3. The second kappa shape index (κ2) is 10.5. The molecule has 0 aliphatic carbocycles. The minimum Gasteiger partial charge on any atom is -0.455 e. The second-order valence-corrected chi connectivity index (χ2v) is 12.0. The molecule has 0 aliphatic heterocycles. The maximum Gasteiger partial charge on any atom is 0.238 e. The van der Waals surface area contributed by atoms with E-state index in [2.05, 4.69) is 120 Å². The first kappa shape index (κ1) is 26.6. The van der Waals surface area contributed by atoms with Gasteiger partial charge in [-0.05, 0) is 34.5 Å². The van der Waals surface area contributed by atoms with E-state index in [1.807, 2.05) is 42.5 Å². The van der Waals surface area contributed by atoms with Gasteiger partial charge in [0.15, 0.2) is 11.6 Å². The lowest BCUT2D eigenvalue weighted by molar-refractivity contribution is 0.670. The van der Waals surface area contributed by atoms with Crippen molar-refractivity contribution in [2.24, 2.45) is 0 Å². The molecule has 0 fully saturated rings. The van der Waals surface area contributed by atoms with E-state index in [1.165, 1.54) is 10.8 Å². The van der Waals surface area contributed by atoms with Gasteiger partial charge in [-0.25, -0.2) is 4.98 Å². The summed E-state index contributed by atoms with van der Waals surface area (Å²) >= 11 is 0. The van der Waals surface area contributed by atoms with Gasteiger partial charge in [-0.1, -0.05) is 140 Å². The number of hydrogen-bond acceptors (Lipinski definition) is 4. The molecule has 0 unspecified atom stereocenters. The van der Waals surface area contributed by atoms with E-state index in [0.717, 1.165) is 66.0 Å². The van der Waals surface area contributed by atoms with Gasteiger partial charge in [-0.3, -0.25) is 4.57 Å². The number of furan rings is 1. The van der Waals surface area contributed by atoms with E-state index in [9.17, 15) is 0 Å². The molecule has 0 N–H and O–H groups in total. The Bertz CT molecular complexity index is 2790. The fourth-order valence-electron chi connectivity index (χ4n) is 7.15. The maximum absolute atomic E-state index is 6.71. The molecule has 0 saturated heterocycles. The molecule has 0 radical (unpaired) electrons. The molecule has 7 aromatic carbocycles. The first-order chi connectivity index (χ1) is 23.8. The SMILES string of the molecule is c1ccc(-c2nc(-c3cccc4oc5c(-c6cccc7ccccc67)cccc5c34)nc(-n3c4ccccc4c4ccccc43)n2)cc1. The van der Waals surface area contributed by atoms with Gasteiger partial charge in [-0.15, -0.1) is 0 Å². The molecule has 3 aromatic heterocycles. The molecule has 3 heterocycles. The van der Waals surface area contributed by atoms with Crippen LogP contribution in [0.4, 0.5) is 0 Å². The fraction of sp³-hybridized carbons (Fsp3) is 0. The Balaban J connectivity index is 1.26. The van der Waals surface area contributed by atoms with Crippen molar-refractivity contribution in [1.82, 2.24) is 19.5 Å². The summed E-state index contributed by atoms with van der Waals surface area (Å²) in [5.74, 6) is 1.76. The van der Waals surface area contributed by atoms with Crippen LogP contribution in [-0.4, -0.2) is 19.5 Å². The second-order valence-electron chi connectivity index (χ2n) is 12.0. The molecule has 5 heteroatoms. The summed E-state index contributed by atoms with van der Waals surface area (Å²) in [5.41, 5.74) is 7.72.